The predicted molar refractivity (Wildman–Crippen MR) is 258 cm³/mol. The van der Waals surface area contributed by atoms with E-state index < -0.39 is 66.1 Å². The molecule has 2 saturated heterocycles. The number of rotatable bonds is 17. The third kappa shape index (κ3) is 10.1. The Balaban J connectivity index is 1.03. The van der Waals surface area contributed by atoms with Gasteiger partial charge in [0.15, 0.2) is 0 Å². The molecule has 0 spiro atoms. The number of aromatic nitrogens is 2. The molecule has 4 N–H and O–H groups in total. The first-order chi connectivity index (χ1) is 31.4. The number of aryl methyl sites for hydroxylation is 1. The summed E-state index contributed by atoms with van der Waals surface area (Å²) < 4.78 is 50.9. The zero-order valence-electron chi connectivity index (χ0n) is 38.6. The standard InChI is InChI=1S/C49H62N6O9SSi/c1-33-31-55(48(59)52-45(33)56)44-30-41(42(63-44)32-62-66(49(2,3)4,34-18-9-7-10-19-34)35-20-11-8-12-21-35)64-47(58)40-26-17-29-54(40)46(57)38(50)24-13-14-28-51-65(60,61)43-27-16-22-36-37(43)23-15-25-39(36)53(5)6/h7-12,15-16,18-23,25,27,31,38,40-42,44,51H,13-14,17,24,26,28-30,32,50H2,1-6H3,(H,52,56,59)/t38-,40-,41-,42+,44+/m0/s1. The van der Waals surface area contributed by atoms with Crippen molar-refractivity contribution in [3.8, 4) is 0 Å². The molecule has 66 heavy (non-hydrogen) atoms. The van der Waals surface area contributed by atoms with E-state index in [0.29, 0.717) is 43.2 Å². The summed E-state index contributed by atoms with van der Waals surface area (Å²) in [5.41, 5.74) is 6.53. The van der Waals surface area contributed by atoms with E-state index in [9.17, 15) is 27.6 Å². The first-order valence-electron chi connectivity index (χ1n) is 22.6. The van der Waals surface area contributed by atoms with Crippen molar-refractivity contribution >= 4 is 57.1 Å². The normalized spacial score (nSPS) is 19.5. The Morgan fingerprint density at radius 3 is 2.24 bits per heavy atom. The average molecular weight is 939 g/mol. The highest BCUT2D eigenvalue weighted by molar-refractivity contribution is 7.89. The van der Waals surface area contributed by atoms with E-state index in [-0.39, 0.29) is 41.8 Å². The molecular weight excluding hydrogens is 877 g/mol. The van der Waals surface area contributed by atoms with Gasteiger partial charge in [0, 0.05) is 61.8 Å². The number of nitrogens with zero attached hydrogens (tertiary/aromatic N) is 3. The number of esters is 1. The van der Waals surface area contributed by atoms with Crippen molar-refractivity contribution in [2.75, 3.05) is 38.7 Å². The lowest BCUT2D eigenvalue weighted by Crippen LogP contribution is -2.67. The van der Waals surface area contributed by atoms with Gasteiger partial charge in [-0.25, -0.2) is 22.7 Å². The SMILES string of the molecule is Cc1cn([C@H]2C[C@H](OC(=O)[C@@H]3CCCN3C(=O)[C@@H](N)CCCCNS(=O)(=O)c3cccc4c(N(C)C)cccc34)[C@@H](CO[Si](c3ccccc3)(c3ccccc3)C(C)(C)C)O2)c(=O)[nH]c1=O. The number of hydrogen-bond acceptors (Lipinski definition) is 11. The van der Waals surface area contributed by atoms with E-state index in [0.717, 1.165) is 21.4 Å². The minimum atomic E-state index is -3.83. The molecule has 2 aliphatic rings. The Bertz CT molecular complexity index is 2700. The molecule has 17 heteroatoms. The number of carbonyl (C=O) groups is 2. The number of nitrogens with one attached hydrogen (secondary N) is 2. The summed E-state index contributed by atoms with van der Waals surface area (Å²) in [4.78, 5) is 59.5. The largest absolute Gasteiger partial charge is 0.458 e. The molecule has 5 atom stereocenters. The van der Waals surface area contributed by atoms with Crippen LogP contribution in [0.3, 0.4) is 0 Å². The zero-order chi connectivity index (χ0) is 47.4. The number of likely N-dealkylation sites (tertiary alicyclic amines) is 1. The highest BCUT2D eigenvalue weighted by atomic mass is 32.2. The topological polar surface area (TPSA) is 195 Å². The van der Waals surface area contributed by atoms with Gasteiger partial charge in [-0.3, -0.25) is 19.1 Å². The summed E-state index contributed by atoms with van der Waals surface area (Å²) in [5, 5.41) is 3.20. The molecule has 1 aromatic heterocycles. The van der Waals surface area contributed by atoms with Gasteiger partial charge in [-0.15, -0.1) is 0 Å². The predicted octanol–water partition coefficient (Wildman–Crippen LogP) is 4.31. The first-order valence-corrected chi connectivity index (χ1v) is 26.0. The lowest BCUT2D eigenvalue weighted by molar-refractivity contribution is -0.161. The maximum Gasteiger partial charge on any atom is 0.330 e. The van der Waals surface area contributed by atoms with Crippen molar-refractivity contribution in [3.63, 3.8) is 0 Å². The van der Waals surface area contributed by atoms with Crippen molar-refractivity contribution in [1.82, 2.24) is 19.2 Å². The molecule has 4 aromatic carbocycles. The second-order valence-electron chi connectivity index (χ2n) is 18.5. The van der Waals surface area contributed by atoms with E-state index in [2.05, 4.69) is 54.7 Å². The molecule has 352 valence electrons. The Morgan fingerprint density at radius 1 is 0.939 bits per heavy atom. The monoisotopic (exact) mass is 938 g/mol. The van der Waals surface area contributed by atoms with Gasteiger partial charge in [-0.05, 0) is 60.2 Å². The summed E-state index contributed by atoms with van der Waals surface area (Å²) in [6.45, 7) is 8.56. The van der Waals surface area contributed by atoms with Crippen LogP contribution in [-0.2, 0) is 33.5 Å². The number of fused-ring (bicyclic) bond motifs is 1. The molecule has 1 amide bonds. The maximum atomic E-state index is 14.2. The second kappa shape index (κ2) is 20.2. The van der Waals surface area contributed by atoms with E-state index >= 15 is 0 Å². The number of ether oxygens (including phenoxy) is 2. The van der Waals surface area contributed by atoms with Crippen LogP contribution in [-0.4, -0.2) is 101 Å². The fraction of sp³-hybridized carbons (Fsp3) is 0.429. The summed E-state index contributed by atoms with van der Waals surface area (Å²) in [7, 11) is -3.09. The third-order valence-corrected chi connectivity index (χ3v) is 19.3. The summed E-state index contributed by atoms with van der Waals surface area (Å²) in [6.07, 6.45) is 1.09. The molecule has 5 aromatic rings. The Hall–Kier alpha value is -5.43. The van der Waals surface area contributed by atoms with Gasteiger partial charge in [0.25, 0.3) is 13.9 Å². The van der Waals surface area contributed by atoms with Crippen LogP contribution in [0.4, 0.5) is 5.69 Å². The van der Waals surface area contributed by atoms with Crippen LogP contribution < -0.4 is 37.0 Å². The highest BCUT2D eigenvalue weighted by Crippen LogP contribution is 2.39. The minimum Gasteiger partial charge on any atom is -0.458 e. The van der Waals surface area contributed by atoms with E-state index in [1.807, 2.05) is 73.6 Å². The molecule has 0 radical (unpaired) electrons. The number of H-pyrrole nitrogens is 1. The number of amides is 1. The van der Waals surface area contributed by atoms with Gasteiger partial charge in [-0.1, -0.05) is 112 Å². The van der Waals surface area contributed by atoms with Crippen LogP contribution in [0.15, 0.2) is 118 Å². The molecule has 3 heterocycles. The molecule has 0 bridgehead atoms. The molecule has 2 aliphatic heterocycles. The zero-order valence-corrected chi connectivity index (χ0v) is 40.4. The lowest BCUT2D eigenvalue weighted by atomic mass is 10.1. The Labute approximate surface area is 387 Å². The maximum absolute atomic E-state index is 14.2. The van der Waals surface area contributed by atoms with Crippen molar-refractivity contribution in [2.24, 2.45) is 5.73 Å². The molecule has 15 nitrogen and oxygen atoms in total. The van der Waals surface area contributed by atoms with E-state index in [1.54, 1.807) is 25.1 Å². The van der Waals surface area contributed by atoms with Crippen LogP contribution in [0.2, 0.25) is 5.04 Å². The van der Waals surface area contributed by atoms with Crippen molar-refractivity contribution in [3.05, 3.63) is 130 Å². The third-order valence-electron chi connectivity index (χ3n) is 12.8. The average Bonchev–Trinajstić information content (AvgIpc) is 3.95. The summed E-state index contributed by atoms with van der Waals surface area (Å²) in [5.74, 6) is -0.992. The number of sulfonamides is 1. The fourth-order valence-corrected chi connectivity index (χ4v) is 15.3. The van der Waals surface area contributed by atoms with Crippen LogP contribution in [0, 0.1) is 6.92 Å². The van der Waals surface area contributed by atoms with E-state index in [4.69, 9.17) is 19.6 Å². The van der Waals surface area contributed by atoms with Crippen LogP contribution in [0.25, 0.3) is 10.8 Å². The smallest absolute Gasteiger partial charge is 0.330 e. The number of aromatic amines is 1. The Morgan fingerprint density at radius 2 is 1.59 bits per heavy atom. The second-order valence-corrected chi connectivity index (χ2v) is 24.5. The fourth-order valence-electron chi connectivity index (χ4n) is 9.42. The minimum absolute atomic E-state index is 0.0203. The lowest BCUT2D eigenvalue weighted by Gasteiger charge is -2.43. The van der Waals surface area contributed by atoms with Crippen LogP contribution in [0.5, 0.6) is 0 Å². The van der Waals surface area contributed by atoms with Crippen molar-refractivity contribution in [2.45, 2.75) is 107 Å². The Kier molecular flexibility index (Phi) is 14.8. The van der Waals surface area contributed by atoms with Gasteiger partial charge in [0.2, 0.25) is 15.9 Å². The van der Waals surface area contributed by atoms with E-state index in [1.165, 1.54) is 15.7 Å². The summed E-state index contributed by atoms with van der Waals surface area (Å²) >= 11 is 0. The quantitative estimate of drug-likeness (QED) is 0.0684. The molecule has 0 aliphatic carbocycles. The van der Waals surface area contributed by atoms with Crippen molar-refractivity contribution < 1.29 is 31.9 Å². The number of benzene rings is 4. The number of nitrogens with two attached hydrogens (primary N) is 1. The van der Waals surface area contributed by atoms with Gasteiger partial charge in [-0.2, -0.15) is 0 Å². The van der Waals surface area contributed by atoms with Gasteiger partial charge in [0.1, 0.15) is 24.5 Å². The van der Waals surface area contributed by atoms with Crippen molar-refractivity contribution in [1.29, 1.82) is 0 Å². The molecule has 2 fully saturated rings. The first kappa shape index (κ1) is 48.5. The van der Waals surface area contributed by atoms with Gasteiger partial charge < -0.3 is 29.4 Å². The number of hydrogen-bond donors (Lipinski definition) is 3. The van der Waals surface area contributed by atoms with Crippen LogP contribution >= 0.6 is 0 Å². The summed E-state index contributed by atoms with van der Waals surface area (Å²) in [6, 6.07) is 29.2. The highest BCUT2D eigenvalue weighted by Gasteiger charge is 2.52. The van der Waals surface area contributed by atoms with Gasteiger partial charge in [0.05, 0.1) is 17.5 Å². The number of anilines is 1. The number of unbranched alkanes of at least 4 members (excludes halogenated alkanes) is 1. The molecule has 0 saturated carbocycles. The van der Waals surface area contributed by atoms with Gasteiger partial charge >= 0.3 is 11.7 Å². The molecule has 7 rings (SSSR count). The molecular formula is C49H62N6O9SSi. The number of carbonyl (C=O) groups excluding carboxylic acids is 2. The van der Waals surface area contributed by atoms with Crippen LogP contribution in [0.1, 0.15) is 71.1 Å². The molecule has 0 unspecified atom stereocenters.